The van der Waals surface area contributed by atoms with Gasteiger partial charge < -0.3 is 58.7 Å². The number of nitrogens with zero attached hydrogens (tertiary/aromatic N) is 5. The number of carbonyl (C=O) groups excluding carboxylic acids is 3. The average Bonchev–Trinajstić information content (AvgIpc) is 3.69. The van der Waals surface area contributed by atoms with Gasteiger partial charge in [-0.1, -0.05) is 29.8 Å². The van der Waals surface area contributed by atoms with Crippen LogP contribution in [0.5, 0.6) is 5.75 Å². The molecular formula is C49H65ClN9O10P. The number of rotatable bonds is 28. The van der Waals surface area contributed by atoms with Crippen molar-refractivity contribution in [1.82, 2.24) is 25.1 Å². The number of nitrogens with one attached hydrogen (secondary N) is 4. The number of piperazine rings is 1. The van der Waals surface area contributed by atoms with Crippen LogP contribution >= 0.6 is 18.7 Å². The topological polar surface area (TPSA) is 207 Å². The van der Waals surface area contributed by atoms with E-state index in [0.717, 1.165) is 56.1 Å². The largest absolute Gasteiger partial charge is 0.494 e. The van der Waals surface area contributed by atoms with E-state index in [4.69, 9.17) is 40.0 Å². The van der Waals surface area contributed by atoms with E-state index in [1.807, 2.05) is 48.5 Å². The number of aromatic nitrogens is 2. The number of hydrogen-bond acceptors (Lipinski definition) is 17. The van der Waals surface area contributed by atoms with Gasteiger partial charge in [-0.2, -0.15) is 4.98 Å². The summed E-state index contributed by atoms with van der Waals surface area (Å²) in [6.45, 7) is 13.9. The number of halogens is 1. The molecule has 3 aliphatic rings. The summed E-state index contributed by atoms with van der Waals surface area (Å²) in [5.41, 5.74) is 4.71. The second-order valence-corrected chi connectivity index (χ2v) is 20.9. The highest BCUT2D eigenvalue weighted by atomic mass is 35.5. The first-order valence-electron chi connectivity index (χ1n) is 23.7. The Morgan fingerprint density at radius 2 is 1.46 bits per heavy atom. The molecule has 3 amide bonds. The van der Waals surface area contributed by atoms with Crippen LogP contribution in [-0.4, -0.2) is 169 Å². The molecule has 21 heteroatoms. The highest BCUT2D eigenvalue weighted by molar-refractivity contribution is 7.70. The fraction of sp³-hybridized carbons (Fsp3) is 0.490. The standard InChI is InChI=1S/C49H65ClN9O10P/c1-64-43-32-35(12-13-40(43)54-49-52-33-38(50)46(56-49)53-41-9-4-5-11-44(41)70(2,3)63)58-20-18-57(19-21-58)17-7-22-65-24-26-67-28-30-69-31-29-68-27-25-66-23-16-51-39-10-6-8-36-37(39)34-59(48(36)62)42-14-15-45(60)55-47(42)61/h4-6,8-13,32-33,42,51H,7,14-31,34H2,1-3H3,(H,55,60,61)(H2,52,53,54,56). The Kier molecular flexibility index (Phi) is 19.6. The molecule has 2 saturated heterocycles. The van der Waals surface area contributed by atoms with Crippen LogP contribution in [0.3, 0.4) is 0 Å². The van der Waals surface area contributed by atoms with Crippen molar-refractivity contribution in [2.75, 3.05) is 147 Å². The van der Waals surface area contributed by atoms with Crippen LogP contribution in [0.4, 0.5) is 34.5 Å². The summed E-state index contributed by atoms with van der Waals surface area (Å²) >= 11 is 6.47. The maximum atomic E-state index is 13.0. The van der Waals surface area contributed by atoms with Crippen molar-refractivity contribution in [3.05, 3.63) is 83.0 Å². The number of fused-ring (bicyclic) bond motifs is 1. The van der Waals surface area contributed by atoms with E-state index in [0.29, 0.717) is 130 Å². The lowest BCUT2D eigenvalue weighted by Gasteiger charge is -2.36. The van der Waals surface area contributed by atoms with Gasteiger partial charge in [-0.3, -0.25) is 24.6 Å². The van der Waals surface area contributed by atoms with Crippen LogP contribution in [0.1, 0.15) is 35.2 Å². The average molecular weight is 1010 g/mol. The van der Waals surface area contributed by atoms with Crippen LogP contribution in [0, 0.1) is 0 Å². The second-order valence-electron chi connectivity index (χ2n) is 17.3. The van der Waals surface area contributed by atoms with E-state index in [-0.39, 0.29) is 18.2 Å². The van der Waals surface area contributed by atoms with Crippen LogP contribution < -0.4 is 36.2 Å². The molecule has 0 bridgehead atoms. The van der Waals surface area contributed by atoms with E-state index < -0.39 is 19.1 Å². The van der Waals surface area contributed by atoms with Crippen molar-refractivity contribution in [3.8, 4) is 5.75 Å². The second kappa shape index (κ2) is 26.2. The Morgan fingerprint density at radius 1 is 0.786 bits per heavy atom. The van der Waals surface area contributed by atoms with Crippen LogP contribution in [0.2, 0.25) is 5.02 Å². The molecule has 3 aliphatic heterocycles. The molecule has 378 valence electrons. The molecule has 1 aromatic heterocycles. The lowest BCUT2D eigenvalue weighted by Crippen LogP contribution is -2.52. The van der Waals surface area contributed by atoms with Gasteiger partial charge in [-0.15, -0.1) is 0 Å². The molecular weight excluding hydrogens is 941 g/mol. The summed E-state index contributed by atoms with van der Waals surface area (Å²) in [6, 6.07) is 18.3. The smallest absolute Gasteiger partial charge is 0.255 e. The van der Waals surface area contributed by atoms with Gasteiger partial charge in [0.1, 0.15) is 24.0 Å². The summed E-state index contributed by atoms with van der Waals surface area (Å²) in [5.74, 6) is 0.473. The zero-order chi connectivity index (χ0) is 49.3. The van der Waals surface area contributed by atoms with Gasteiger partial charge in [0.25, 0.3) is 5.91 Å². The molecule has 2 fully saturated rings. The van der Waals surface area contributed by atoms with E-state index in [2.05, 4.69) is 47.1 Å². The van der Waals surface area contributed by atoms with Gasteiger partial charge in [-0.05, 0) is 62.6 Å². The number of hydrogen-bond donors (Lipinski definition) is 4. The van der Waals surface area contributed by atoms with Crippen molar-refractivity contribution < 1.29 is 47.4 Å². The third-order valence-corrected chi connectivity index (χ3v) is 13.9. The number of para-hydroxylation sites is 1. The number of imide groups is 1. The van der Waals surface area contributed by atoms with E-state index >= 15 is 0 Å². The number of piperidine rings is 1. The van der Waals surface area contributed by atoms with E-state index in [1.165, 1.54) is 6.20 Å². The number of amides is 3. The summed E-state index contributed by atoms with van der Waals surface area (Å²) in [6.07, 6.45) is 3.02. The number of benzene rings is 3. The Balaban J connectivity index is 0.670. The number of anilines is 6. The minimum absolute atomic E-state index is 0.197. The first-order valence-corrected chi connectivity index (χ1v) is 26.7. The van der Waals surface area contributed by atoms with Crippen molar-refractivity contribution in [2.24, 2.45) is 0 Å². The number of methoxy groups -OCH3 is 1. The summed E-state index contributed by atoms with van der Waals surface area (Å²) in [4.78, 5) is 52.3. The molecule has 4 heterocycles. The predicted molar refractivity (Wildman–Crippen MR) is 270 cm³/mol. The van der Waals surface area contributed by atoms with Crippen molar-refractivity contribution in [2.45, 2.75) is 31.8 Å². The monoisotopic (exact) mass is 1010 g/mol. The molecule has 1 unspecified atom stereocenters. The molecule has 4 aromatic rings. The van der Waals surface area contributed by atoms with Crippen LogP contribution in [-0.2, 0) is 44.4 Å². The minimum atomic E-state index is -2.55. The van der Waals surface area contributed by atoms with Gasteiger partial charge in [0.05, 0.1) is 84.1 Å². The third kappa shape index (κ3) is 14.8. The zero-order valence-electron chi connectivity index (χ0n) is 40.2. The highest BCUT2D eigenvalue weighted by Crippen LogP contribution is 2.39. The normalized spacial score (nSPS) is 16.3. The maximum Gasteiger partial charge on any atom is 0.255 e. The van der Waals surface area contributed by atoms with Gasteiger partial charge in [0, 0.05) is 92.7 Å². The van der Waals surface area contributed by atoms with Crippen molar-refractivity contribution in [3.63, 3.8) is 0 Å². The molecule has 70 heavy (non-hydrogen) atoms. The van der Waals surface area contributed by atoms with Crippen LogP contribution in [0.25, 0.3) is 0 Å². The predicted octanol–water partition coefficient (Wildman–Crippen LogP) is 5.34. The SMILES string of the molecule is COc1cc(N2CCN(CCCOCCOCCOCCOCCOCCNc3cccc4c3CN(C3CCC(=O)NC3=O)C4=O)CC2)ccc1Nc1ncc(Cl)c(Nc2ccccc2P(C)(C)=O)n1. The van der Waals surface area contributed by atoms with E-state index in [1.54, 1.807) is 31.4 Å². The van der Waals surface area contributed by atoms with Gasteiger partial charge in [0.2, 0.25) is 17.8 Å². The highest BCUT2D eigenvalue weighted by Gasteiger charge is 2.40. The quantitative estimate of drug-likeness (QED) is 0.0322. The molecule has 0 spiro atoms. The lowest BCUT2D eigenvalue weighted by molar-refractivity contribution is -0.136. The maximum absolute atomic E-state index is 13.0. The molecule has 0 aliphatic carbocycles. The molecule has 4 N–H and O–H groups in total. The van der Waals surface area contributed by atoms with Gasteiger partial charge in [0.15, 0.2) is 5.82 Å². The van der Waals surface area contributed by atoms with E-state index in [9.17, 15) is 18.9 Å². The Hall–Kier alpha value is -5.37. The molecule has 7 rings (SSSR count). The molecule has 19 nitrogen and oxygen atoms in total. The Morgan fingerprint density at radius 3 is 2.14 bits per heavy atom. The fourth-order valence-electron chi connectivity index (χ4n) is 8.40. The molecule has 0 saturated carbocycles. The molecule has 1 atom stereocenters. The van der Waals surface area contributed by atoms with Crippen molar-refractivity contribution in [1.29, 1.82) is 0 Å². The first-order chi connectivity index (χ1) is 34.0. The number of ether oxygens (including phenoxy) is 6. The third-order valence-electron chi connectivity index (χ3n) is 12.0. The van der Waals surface area contributed by atoms with Gasteiger partial charge in [-0.25, -0.2) is 4.98 Å². The summed E-state index contributed by atoms with van der Waals surface area (Å²) in [5, 5.41) is 13.2. The van der Waals surface area contributed by atoms with Gasteiger partial charge >= 0.3 is 0 Å². The summed E-state index contributed by atoms with van der Waals surface area (Å²) < 4.78 is 47.0. The first kappa shape index (κ1) is 52.5. The minimum Gasteiger partial charge on any atom is -0.494 e. The molecule has 0 radical (unpaired) electrons. The fourth-order valence-corrected chi connectivity index (χ4v) is 9.70. The summed E-state index contributed by atoms with van der Waals surface area (Å²) in [7, 11) is -0.908. The number of carbonyl (C=O) groups is 3. The molecule has 3 aromatic carbocycles. The van der Waals surface area contributed by atoms with Crippen molar-refractivity contribution >= 4 is 76.3 Å². The zero-order valence-corrected chi connectivity index (χ0v) is 41.9. The lowest BCUT2D eigenvalue weighted by atomic mass is 10.0. The Labute approximate surface area is 414 Å². The van der Waals surface area contributed by atoms with Crippen LogP contribution in [0.15, 0.2) is 66.9 Å². The Bertz CT molecular complexity index is 2440.